The van der Waals surface area contributed by atoms with Crippen molar-refractivity contribution in [2.24, 2.45) is 0 Å². The number of aryl methyl sites for hydroxylation is 2. The van der Waals surface area contributed by atoms with Crippen molar-refractivity contribution < 1.29 is 4.74 Å². The minimum Gasteiger partial charge on any atom is -0.493 e. The van der Waals surface area contributed by atoms with Gasteiger partial charge in [0.25, 0.3) is 0 Å². The second-order valence-electron chi connectivity index (χ2n) is 5.29. The zero-order valence-electron chi connectivity index (χ0n) is 11.5. The smallest absolute Gasteiger partial charge is 0.122 e. The van der Waals surface area contributed by atoms with Gasteiger partial charge in [0.2, 0.25) is 0 Å². The summed E-state index contributed by atoms with van der Waals surface area (Å²) in [6.45, 7) is 4.99. The summed E-state index contributed by atoms with van der Waals surface area (Å²) in [5.41, 5.74) is 6.11. The van der Waals surface area contributed by atoms with Gasteiger partial charge < -0.3 is 4.74 Å². The molecule has 0 aliphatic carbocycles. The summed E-state index contributed by atoms with van der Waals surface area (Å²) in [6.07, 6.45) is 0.990. The van der Waals surface area contributed by atoms with E-state index in [0.717, 1.165) is 29.4 Å². The molecule has 0 aromatic heterocycles. The highest BCUT2D eigenvalue weighted by Crippen LogP contribution is 2.38. The molecule has 0 radical (unpaired) electrons. The third kappa shape index (κ3) is 2.47. The van der Waals surface area contributed by atoms with Crippen LogP contribution in [0.4, 0.5) is 0 Å². The van der Waals surface area contributed by atoms with Crippen LogP contribution in [0.5, 0.6) is 5.75 Å². The Bertz CT molecular complexity index is 666. The molecule has 3 rings (SSSR count). The highest BCUT2D eigenvalue weighted by Gasteiger charge is 2.18. The second-order valence-corrected chi connectivity index (χ2v) is 6.61. The van der Waals surface area contributed by atoms with Crippen molar-refractivity contribution in [3.05, 3.63) is 63.2 Å². The first-order valence-electron chi connectivity index (χ1n) is 6.72. The molecular weight excluding hydrogens is 336 g/mol. The monoisotopic (exact) mass is 350 g/mol. The number of rotatable bonds is 2. The molecule has 3 heteroatoms. The van der Waals surface area contributed by atoms with E-state index in [-0.39, 0.29) is 4.83 Å². The molecule has 0 N–H and O–H groups in total. The van der Waals surface area contributed by atoms with Crippen molar-refractivity contribution in [2.75, 3.05) is 6.61 Å². The maximum atomic E-state index is 6.41. The predicted octanol–water partition coefficient (Wildman–Crippen LogP) is 5.38. The fourth-order valence-corrected chi connectivity index (χ4v) is 3.66. The Labute approximate surface area is 133 Å². The normalized spacial score (nSPS) is 14.8. The van der Waals surface area contributed by atoms with Crippen LogP contribution in [-0.4, -0.2) is 6.61 Å². The van der Waals surface area contributed by atoms with Gasteiger partial charge in [-0.05, 0) is 53.8 Å². The van der Waals surface area contributed by atoms with Crippen LogP contribution in [0.2, 0.25) is 5.02 Å². The molecule has 0 spiro atoms. The standard InChI is InChI=1S/C17H16BrClO/c1-10-7-14(15(19)8-11(10)2)17(18)13-3-4-16-12(9-13)5-6-20-16/h3-4,7-9,17H,5-6H2,1-2H3. The lowest BCUT2D eigenvalue weighted by Crippen LogP contribution is -1.97. The van der Waals surface area contributed by atoms with E-state index in [0.29, 0.717) is 0 Å². The van der Waals surface area contributed by atoms with E-state index in [4.69, 9.17) is 16.3 Å². The lowest BCUT2D eigenvalue weighted by Gasteiger charge is -2.15. The number of ether oxygens (including phenoxy) is 1. The van der Waals surface area contributed by atoms with Gasteiger partial charge in [0, 0.05) is 11.4 Å². The quantitative estimate of drug-likeness (QED) is 0.660. The molecular formula is C17H16BrClO. The molecule has 20 heavy (non-hydrogen) atoms. The van der Waals surface area contributed by atoms with Crippen LogP contribution < -0.4 is 4.74 Å². The van der Waals surface area contributed by atoms with Gasteiger partial charge in [-0.15, -0.1) is 0 Å². The van der Waals surface area contributed by atoms with Crippen LogP contribution in [0.1, 0.15) is 32.6 Å². The molecule has 0 saturated heterocycles. The zero-order chi connectivity index (χ0) is 14.3. The lowest BCUT2D eigenvalue weighted by atomic mass is 9.98. The van der Waals surface area contributed by atoms with Gasteiger partial charge in [0.15, 0.2) is 0 Å². The number of benzene rings is 2. The van der Waals surface area contributed by atoms with Crippen LogP contribution in [-0.2, 0) is 6.42 Å². The van der Waals surface area contributed by atoms with Crippen molar-refractivity contribution in [1.82, 2.24) is 0 Å². The lowest BCUT2D eigenvalue weighted by molar-refractivity contribution is 0.357. The minimum atomic E-state index is 0.111. The summed E-state index contributed by atoms with van der Waals surface area (Å²) in [5, 5.41) is 0.812. The number of halogens is 2. The van der Waals surface area contributed by atoms with Crippen LogP contribution in [0, 0.1) is 13.8 Å². The molecule has 0 fully saturated rings. The summed E-state index contributed by atoms with van der Waals surface area (Å²) in [4.78, 5) is 0.111. The Morgan fingerprint density at radius 3 is 2.70 bits per heavy atom. The summed E-state index contributed by atoms with van der Waals surface area (Å²) in [6, 6.07) is 10.6. The average molecular weight is 352 g/mol. The fourth-order valence-electron chi connectivity index (χ4n) is 2.54. The molecule has 0 saturated carbocycles. The van der Waals surface area contributed by atoms with Crippen molar-refractivity contribution in [2.45, 2.75) is 25.1 Å². The first kappa shape index (κ1) is 14.0. The van der Waals surface area contributed by atoms with Gasteiger partial charge in [-0.1, -0.05) is 45.7 Å². The molecule has 1 heterocycles. The molecule has 104 valence electrons. The number of fused-ring (bicyclic) bond motifs is 1. The van der Waals surface area contributed by atoms with Gasteiger partial charge in [-0.25, -0.2) is 0 Å². The summed E-state index contributed by atoms with van der Waals surface area (Å²) in [7, 11) is 0. The summed E-state index contributed by atoms with van der Waals surface area (Å²) < 4.78 is 5.56. The predicted molar refractivity (Wildman–Crippen MR) is 87.3 cm³/mol. The van der Waals surface area contributed by atoms with Crippen molar-refractivity contribution in [3.63, 3.8) is 0 Å². The Balaban J connectivity index is 2.00. The van der Waals surface area contributed by atoms with Gasteiger partial charge in [0.05, 0.1) is 11.4 Å². The highest BCUT2D eigenvalue weighted by molar-refractivity contribution is 9.09. The molecule has 1 nitrogen and oxygen atoms in total. The van der Waals surface area contributed by atoms with Crippen molar-refractivity contribution in [3.8, 4) is 5.75 Å². The van der Waals surface area contributed by atoms with E-state index >= 15 is 0 Å². The van der Waals surface area contributed by atoms with Crippen LogP contribution in [0.15, 0.2) is 30.3 Å². The van der Waals surface area contributed by atoms with Gasteiger partial charge in [0.1, 0.15) is 5.75 Å². The van der Waals surface area contributed by atoms with E-state index in [9.17, 15) is 0 Å². The highest BCUT2D eigenvalue weighted by atomic mass is 79.9. The largest absolute Gasteiger partial charge is 0.493 e. The van der Waals surface area contributed by atoms with Crippen LogP contribution in [0.3, 0.4) is 0 Å². The first-order chi connectivity index (χ1) is 9.56. The van der Waals surface area contributed by atoms with Crippen LogP contribution >= 0.6 is 27.5 Å². The number of hydrogen-bond donors (Lipinski definition) is 0. The summed E-state index contributed by atoms with van der Waals surface area (Å²) >= 11 is 10.2. The van der Waals surface area contributed by atoms with Crippen LogP contribution in [0.25, 0.3) is 0 Å². The molecule has 2 aromatic carbocycles. The maximum absolute atomic E-state index is 6.41. The third-order valence-corrected chi connectivity index (χ3v) is 5.24. The molecule has 1 aliphatic heterocycles. The first-order valence-corrected chi connectivity index (χ1v) is 8.02. The van der Waals surface area contributed by atoms with E-state index in [1.807, 2.05) is 6.07 Å². The number of alkyl halides is 1. The molecule has 0 amide bonds. The fraction of sp³-hybridized carbons (Fsp3) is 0.294. The Hall–Kier alpha value is -0.990. The molecule has 1 atom stereocenters. The van der Waals surface area contributed by atoms with Crippen molar-refractivity contribution >= 4 is 27.5 Å². The topological polar surface area (TPSA) is 9.23 Å². The average Bonchev–Trinajstić information content (AvgIpc) is 2.89. The Morgan fingerprint density at radius 1 is 1.15 bits per heavy atom. The second kappa shape index (κ2) is 5.42. The van der Waals surface area contributed by atoms with Gasteiger partial charge in [-0.2, -0.15) is 0 Å². The van der Waals surface area contributed by atoms with E-state index in [2.05, 4.69) is 54.0 Å². The molecule has 2 aromatic rings. The van der Waals surface area contributed by atoms with Crippen molar-refractivity contribution in [1.29, 1.82) is 0 Å². The van der Waals surface area contributed by atoms with E-state index < -0.39 is 0 Å². The van der Waals surface area contributed by atoms with E-state index in [1.54, 1.807) is 0 Å². The summed E-state index contributed by atoms with van der Waals surface area (Å²) in [5.74, 6) is 1.01. The molecule has 1 unspecified atom stereocenters. The Morgan fingerprint density at radius 2 is 1.90 bits per heavy atom. The van der Waals surface area contributed by atoms with E-state index in [1.165, 1.54) is 22.3 Å². The maximum Gasteiger partial charge on any atom is 0.122 e. The zero-order valence-corrected chi connectivity index (χ0v) is 13.9. The SMILES string of the molecule is Cc1cc(Cl)c(C(Br)c2ccc3c(c2)CCO3)cc1C. The van der Waals surface area contributed by atoms with Gasteiger partial charge >= 0.3 is 0 Å². The molecule has 0 bridgehead atoms. The molecule has 1 aliphatic rings. The Kier molecular flexibility index (Phi) is 3.78. The minimum absolute atomic E-state index is 0.111. The van der Waals surface area contributed by atoms with Gasteiger partial charge in [-0.3, -0.25) is 0 Å². The number of hydrogen-bond acceptors (Lipinski definition) is 1. The third-order valence-electron chi connectivity index (χ3n) is 3.89.